The molecule has 0 aromatic carbocycles. The maximum atomic E-state index is 12.0. The minimum atomic E-state index is -0.454. The predicted octanol–water partition coefficient (Wildman–Crippen LogP) is 1.28. The van der Waals surface area contributed by atoms with Crippen LogP contribution in [0.25, 0.3) is 0 Å². The predicted molar refractivity (Wildman–Crippen MR) is 63.1 cm³/mol. The van der Waals surface area contributed by atoms with Crippen LogP contribution in [0.3, 0.4) is 0 Å². The van der Waals surface area contributed by atoms with Gasteiger partial charge in [0.2, 0.25) is 5.91 Å². The summed E-state index contributed by atoms with van der Waals surface area (Å²) < 4.78 is 0. The molecule has 0 saturated heterocycles. The lowest BCUT2D eigenvalue weighted by Gasteiger charge is -2.29. The Hall–Kier alpha value is -1.01. The molecule has 0 aromatic heterocycles. The van der Waals surface area contributed by atoms with Crippen molar-refractivity contribution in [3.63, 3.8) is 0 Å². The summed E-state index contributed by atoms with van der Waals surface area (Å²) in [5.74, 6) is 2.54. The number of nitrogens with two attached hydrogens (primary N) is 1. The third-order valence-corrected chi connectivity index (χ3v) is 3.14. The van der Waals surface area contributed by atoms with Gasteiger partial charge in [-0.3, -0.25) is 4.79 Å². The molecule has 0 aliphatic rings. The monoisotopic (exact) mass is 210 g/mol. The highest BCUT2D eigenvalue weighted by atomic mass is 16.2. The molecule has 0 spiro atoms. The van der Waals surface area contributed by atoms with Crippen molar-refractivity contribution in [1.82, 2.24) is 5.32 Å². The van der Waals surface area contributed by atoms with Gasteiger partial charge in [-0.2, -0.15) is 0 Å². The Labute approximate surface area is 92.8 Å². The van der Waals surface area contributed by atoms with Gasteiger partial charge in [-0.05, 0) is 19.3 Å². The van der Waals surface area contributed by atoms with Crippen LogP contribution in [0, 0.1) is 17.8 Å². The van der Waals surface area contributed by atoms with Gasteiger partial charge in [-0.25, -0.2) is 0 Å². The van der Waals surface area contributed by atoms with Gasteiger partial charge >= 0.3 is 0 Å². The molecule has 0 radical (unpaired) electrons. The Balaban J connectivity index is 4.60. The van der Waals surface area contributed by atoms with Gasteiger partial charge in [0, 0.05) is 6.54 Å². The normalized spacial score (nSPS) is 13.0. The van der Waals surface area contributed by atoms with Crippen LogP contribution in [0.1, 0.15) is 40.0 Å². The molecule has 3 heteroatoms. The summed E-state index contributed by atoms with van der Waals surface area (Å²) in [6, 6.07) is -0.179. The maximum Gasteiger partial charge on any atom is 0.228 e. The Bertz CT molecular complexity index is 230. The topological polar surface area (TPSA) is 55.1 Å². The van der Waals surface area contributed by atoms with Gasteiger partial charge in [0.05, 0.1) is 11.5 Å². The fourth-order valence-corrected chi connectivity index (χ4v) is 1.53. The first-order valence-corrected chi connectivity index (χ1v) is 5.57. The molecule has 0 fully saturated rings. The van der Waals surface area contributed by atoms with Gasteiger partial charge in [-0.1, -0.05) is 26.7 Å². The number of rotatable bonds is 6. The van der Waals surface area contributed by atoms with E-state index in [1.54, 1.807) is 0 Å². The summed E-state index contributed by atoms with van der Waals surface area (Å²) in [6.07, 6.45) is 7.54. The molecule has 0 heterocycles. The van der Waals surface area contributed by atoms with Crippen molar-refractivity contribution in [2.45, 2.75) is 46.1 Å². The van der Waals surface area contributed by atoms with E-state index in [0.717, 1.165) is 19.3 Å². The molecule has 1 unspecified atom stereocenters. The number of terminal acetylenes is 1. The van der Waals surface area contributed by atoms with E-state index in [1.165, 1.54) is 0 Å². The average Bonchev–Trinajstić information content (AvgIpc) is 2.29. The summed E-state index contributed by atoms with van der Waals surface area (Å²) in [4.78, 5) is 12.0. The van der Waals surface area contributed by atoms with Gasteiger partial charge in [0.15, 0.2) is 0 Å². The molecule has 0 saturated carbocycles. The lowest BCUT2D eigenvalue weighted by atomic mass is 9.81. The quantitative estimate of drug-likeness (QED) is 0.649. The molecule has 1 atom stereocenters. The number of carbonyl (C=O) groups is 1. The van der Waals surface area contributed by atoms with Crippen LogP contribution in [0.4, 0.5) is 0 Å². The van der Waals surface area contributed by atoms with E-state index in [-0.39, 0.29) is 11.9 Å². The molecular weight excluding hydrogens is 188 g/mol. The van der Waals surface area contributed by atoms with Crippen LogP contribution in [-0.2, 0) is 4.79 Å². The van der Waals surface area contributed by atoms with Gasteiger partial charge in [-0.15, -0.1) is 6.42 Å². The van der Waals surface area contributed by atoms with E-state index in [2.05, 4.69) is 11.2 Å². The van der Waals surface area contributed by atoms with E-state index in [1.807, 2.05) is 20.8 Å². The van der Waals surface area contributed by atoms with Crippen LogP contribution in [0.15, 0.2) is 0 Å². The van der Waals surface area contributed by atoms with Crippen molar-refractivity contribution in [3.05, 3.63) is 0 Å². The molecular formula is C12H22N2O. The minimum Gasteiger partial charge on any atom is -0.342 e. The summed E-state index contributed by atoms with van der Waals surface area (Å²) in [5.41, 5.74) is 5.22. The zero-order valence-corrected chi connectivity index (χ0v) is 9.97. The highest BCUT2D eigenvalue weighted by Gasteiger charge is 2.33. The van der Waals surface area contributed by atoms with Crippen molar-refractivity contribution < 1.29 is 4.79 Å². The molecule has 3 N–H and O–H groups in total. The molecule has 0 rings (SSSR count). The number of hydrogen-bond acceptors (Lipinski definition) is 2. The van der Waals surface area contributed by atoms with Crippen LogP contribution in [0.5, 0.6) is 0 Å². The molecule has 1 amide bonds. The second-order valence-corrected chi connectivity index (χ2v) is 3.79. The second-order valence-electron chi connectivity index (χ2n) is 3.79. The van der Waals surface area contributed by atoms with Crippen molar-refractivity contribution in [2.75, 3.05) is 6.54 Å². The Morgan fingerprint density at radius 2 is 2.00 bits per heavy atom. The summed E-state index contributed by atoms with van der Waals surface area (Å²) in [6.45, 7) is 6.28. The highest BCUT2D eigenvalue weighted by Crippen LogP contribution is 2.25. The fraction of sp³-hybridized carbons (Fsp3) is 0.750. The Morgan fingerprint density at radius 3 is 2.27 bits per heavy atom. The van der Waals surface area contributed by atoms with Crippen LogP contribution >= 0.6 is 0 Å². The third kappa shape index (κ3) is 3.24. The van der Waals surface area contributed by atoms with Crippen LogP contribution in [0.2, 0.25) is 0 Å². The lowest BCUT2D eigenvalue weighted by molar-refractivity contribution is -0.131. The first kappa shape index (κ1) is 14.0. The number of amides is 1. The zero-order valence-electron chi connectivity index (χ0n) is 9.97. The van der Waals surface area contributed by atoms with Crippen LogP contribution in [-0.4, -0.2) is 18.5 Å². The molecule has 0 bridgehead atoms. The summed E-state index contributed by atoms with van der Waals surface area (Å²) >= 11 is 0. The average molecular weight is 210 g/mol. The van der Waals surface area contributed by atoms with Gasteiger partial charge in [0.25, 0.3) is 0 Å². The molecule has 86 valence electrons. The largest absolute Gasteiger partial charge is 0.342 e. The minimum absolute atomic E-state index is 0.0141. The van der Waals surface area contributed by atoms with E-state index < -0.39 is 5.41 Å². The first-order chi connectivity index (χ1) is 7.10. The van der Waals surface area contributed by atoms with Crippen molar-refractivity contribution in [2.24, 2.45) is 11.1 Å². The number of nitrogens with one attached hydrogen (secondary N) is 1. The van der Waals surface area contributed by atoms with Crippen molar-refractivity contribution >= 4 is 5.91 Å². The maximum absolute atomic E-state index is 12.0. The second kappa shape index (κ2) is 6.47. The van der Waals surface area contributed by atoms with Crippen LogP contribution < -0.4 is 11.1 Å². The smallest absolute Gasteiger partial charge is 0.228 e. The highest BCUT2D eigenvalue weighted by molar-refractivity contribution is 5.83. The van der Waals surface area contributed by atoms with E-state index in [0.29, 0.717) is 6.54 Å². The van der Waals surface area contributed by atoms with E-state index in [4.69, 9.17) is 12.2 Å². The molecule has 3 nitrogen and oxygen atoms in total. The lowest BCUT2D eigenvalue weighted by Crippen LogP contribution is -2.48. The molecule has 0 aromatic rings. The summed E-state index contributed by atoms with van der Waals surface area (Å²) in [7, 11) is 0. The zero-order chi connectivity index (χ0) is 11.9. The van der Waals surface area contributed by atoms with E-state index >= 15 is 0 Å². The number of hydrogen-bond donors (Lipinski definition) is 2. The standard InChI is InChI=1S/C12H22N2O/c1-5-10(6-2)14-11(15)12(7-3,8-4)9-13/h1,10H,6-9,13H2,2-4H3,(H,14,15). The Morgan fingerprint density at radius 1 is 1.47 bits per heavy atom. The fourth-order valence-electron chi connectivity index (χ4n) is 1.53. The molecule has 0 aliphatic heterocycles. The van der Waals surface area contributed by atoms with Gasteiger partial charge in [0.1, 0.15) is 0 Å². The molecule has 0 aliphatic carbocycles. The van der Waals surface area contributed by atoms with Crippen molar-refractivity contribution in [1.29, 1.82) is 0 Å². The Kier molecular flexibility index (Phi) is 6.03. The SMILES string of the molecule is C#CC(CC)NC(=O)C(CC)(CC)CN. The van der Waals surface area contributed by atoms with E-state index in [9.17, 15) is 4.79 Å². The third-order valence-electron chi connectivity index (χ3n) is 3.14. The summed E-state index contributed by atoms with van der Waals surface area (Å²) in [5, 5.41) is 2.86. The first-order valence-electron chi connectivity index (χ1n) is 5.57. The number of carbonyl (C=O) groups excluding carboxylic acids is 1. The molecule has 15 heavy (non-hydrogen) atoms. The van der Waals surface area contributed by atoms with Crippen molar-refractivity contribution in [3.8, 4) is 12.3 Å². The van der Waals surface area contributed by atoms with Gasteiger partial charge < -0.3 is 11.1 Å².